The highest BCUT2D eigenvalue weighted by Gasteiger charge is 2.29. The van der Waals surface area contributed by atoms with Gasteiger partial charge in [-0.3, -0.25) is 4.90 Å². The zero-order chi connectivity index (χ0) is 13.9. The number of hydrogen-bond acceptors (Lipinski definition) is 6. The Balaban J connectivity index is 1.66. The molecular formula is C14H24N4O2. The van der Waals surface area contributed by atoms with E-state index in [1.807, 2.05) is 0 Å². The zero-order valence-corrected chi connectivity index (χ0v) is 12.3. The Bertz CT molecular complexity index is 437. The summed E-state index contributed by atoms with van der Waals surface area (Å²) in [6.07, 6.45) is 2.23. The van der Waals surface area contributed by atoms with Gasteiger partial charge >= 0.3 is 0 Å². The lowest BCUT2D eigenvalue weighted by atomic mass is 9.94. The molecule has 0 saturated carbocycles. The molecule has 2 aliphatic heterocycles. The Labute approximate surface area is 119 Å². The quantitative estimate of drug-likeness (QED) is 0.906. The molecule has 0 spiro atoms. The molecule has 0 radical (unpaired) electrons. The fraction of sp³-hybridized carbons (Fsp3) is 0.857. The third kappa shape index (κ3) is 3.02. The topological polar surface area (TPSA) is 63.4 Å². The van der Waals surface area contributed by atoms with Gasteiger partial charge in [0.15, 0.2) is 0 Å². The fourth-order valence-electron chi connectivity index (χ4n) is 2.96. The van der Waals surface area contributed by atoms with Gasteiger partial charge in [-0.05, 0) is 31.8 Å². The Morgan fingerprint density at radius 3 is 3.15 bits per heavy atom. The van der Waals surface area contributed by atoms with E-state index in [2.05, 4.69) is 34.2 Å². The predicted octanol–water partition coefficient (Wildman–Crippen LogP) is 1.52. The van der Waals surface area contributed by atoms with Crippen LogP contribution in [0.2, 0.25) is 0 Å². The van der Waals surface area contributed by atoms with E-state index in [4.69, 9.17) is 9.26 Å². The van der Waals surface area contributed by atoms with Crippen LogP contribution in [-0.2, 0) is 4.74 Å². The van der Waals surface area contributed by atoms with Crippen LogP contribution in [0.4, 0.5) is 0 Å². The molecule has 3 unspecified atom stereocenters. The van der Waals surface area contributed by atoms with Crippen molar-refractivity contribution in [2.75, 3.05) is 32.8 Å². The molecule has 3 rings (SSSR count). The van der Waals surface area contributed by atoms with E-state index in [0.717, 1.165) is 39.2 Å². The molecule has 0 amide bonds. The number of nitrogens with zero attached hydrogens (tertiary/aromatic N) is 3. The highest BCUT2D eigenvalue weighted by molar-refractivity contribution is 4.99. The Hall–Kier alpha value is -0.980. The molecule has 0 aromatic carbocycles. The SMILES string of the molecule is CCN1CCOC(c2noc(C3CC(C)CCN3)n2)C1. The van der Waals surface area contributed by atoms with Gasteiger partial charge in [0.25, 0.3) is 0 Å². The molecule has 20 heavy (non-hydrogen) atoms. The normalized spacial score (nSPS) is 32.4. The highest BCUT2D eigenvalue weighted by Crippen LogP contribution is 2.27. The number of morpholine rings is 1. The molecule has 1 aromatic rings. The first kappa shape index (κ1) is 14.0. The van der Waals surface area contributed by atoms with Gasteiger partial charge in [0, 0.05) is 13.1 Å². The number of piperidine rings is 1. The minimum Gasteiger partial charge on any atom is -0.367 e. The lowest BCUT2D eigenvalue weighted by molar-refractivity contribution is -0.0334. The van der Waals surface area contributed by atoms with Crippen molar-refractivity contribution in [1.82, 2.24) is 20.4 Å². The summed E-state index contributed by atoms with van der Waals surface area (Å²) >= 11 is 0. The molecule has 6 nitrogen and oxygen atoms in total. The summed E-state index contributed by atoms with van der Waals surface area (Å²) < 4.78 is 11.2. The molecule has 2 fully saturated rings. The highest BCUT2D eigenvalue weighted by atomic mass is 16.5. The summed E-state index contributed by atoms with van der Waals surface area (Å²) in [5, 5.41) is 7.59. The lowest BCUT2D eigenvalue weighted by Gasteiger charge is -2.30. The van der Waals surface area contributed by atoms with Gasteiger partial charge < -0.3 is 14.6 Å². The maximum atomic E-state index is 5.77. The van der Waals surface area contributed by atoms with Crippen molar-refractivity contribution in [2.45, 2.75) is 38.8 Å². The van der Waals surface area contributed by atoms with Gasteiger partial charge in [-0.1, -0.05) is 19.0 Å². The molecule has 0 bridgehead atoms. The van der Waals surface area contributed by atoms with Crippen molar-refractivity contribution >= 4 is 0 Å². The van der Waals surface area contributed by atoms with Crippen LogP contribution in [0, 0.1) is 5.92 Å². The van der Waals surface area contributed by atoms with Crippen LogP contribution in [0.1, 0.15) is 50.6 Å². The van der Waals surface area contributed by atoms with Crippen molar-refractivity contribution in [3.05, 3.63) is 11.7 Å². The number of nitrogens with one attached hydrogen (secondary N) is 1. The Morgan fingerprint density at radius 2 is 2.35 bits per heavy atom. The molecule has 112 valence electrons. The van der Waals surface area contributed by atoms with Crippen LogP contribution in [0.5, 0.6) is 0 Å². The van der Waals surface area contributed by atoms with E-state index < -0.39 is 0 Å². The van der Waals surface area contributed by atoms with Crippen LogP contribution >= 0.6 is 0 Å². The largest absolute Gasteiger partial charge is 0.367 e. The van der Waals surface area contributed by atoms with Crippen LogP contribution < -0.4 is 5.32 Å². The first-order valence-corrected chi connectivity index (χ1v) is 7.67. The van der Waals surface area contributed by atoms with Crippen LogP contribution in [0.15, 0.2) is 4.52 Å². The molecule has 3 heterocycles. The summed E-state index contributed by atoms with van der Waals surface area (Å²) in [5.74, 6) is 2.11. The minimum atomic E-state index is -0.0535. The second-order valence-electron chi connectivity index (χ2n) is 5.88. The van der Waals surface area contributed by atoms with Crippen LogP contribution in [-0.4, -0.2) is 47.8 Å². The first-order chi connectivity index (χ1) is 9.76. The third-order valence-electron chi connectivity index (χ3n) is 4.31. The van der Waals surface area contributed by atoms with E-state index in [0.29, 0.717) is 17.6 Å². The smallest absolute Gasteiger partial charge is 0.243 e. The van der Waals surface area contributed by atoms with Gasteiger partial charge in [0.2, 0.25) is 11.7 Å². The number of ether oxygens (including phenoxy) is 1. The molecule has 0 aliphatic carbocycles. The maximum absolute atomic E-state index is 5.77. The number of hydrogen-bond donors (Lipinski definition) is 1. The van der Waals surface area contributed by atoms with Crippen molar-refractivity contribution in [3.63, 3.8) is 0 Å². The summed E-state index contributed by atoms with van der Waals surface area (Å²) in [6.45, 7) is 9.07. The van der Waals surface area contributed by atoms with E-state index in [9.17, 15) is 0 Å². The monoisotopic (exact) mass is 280 g/mol. The van der Waals surface area contributed by atoms with E-state index in [1.54, 1.807) is 0 Å². The van der Waals surface area contributed by atoms with Gasteiger partial charge in [-0.25, -0.2) is 0 Å². The summed E-state index contributed by atoms with van der Waals surface area (Å²) in [6, 6.07) is 0.200. The molecule has 1 N–H and O–H groups in total. The van der Waals surface area contributed by atoms with Gasteiger partial charge in [-0.2, -0.15) is 4.98 Å². The van der Waals surface area contributed by atoms with Crippen LogP contribution in [0.3, 0.4) is 0 Å². The third-order valence-corrected chi connectivity index (χ3v) is 4.31. The number of aromatic nitrogens is 2. The van der Waals surface area contributed by atoms with Gasteiger partial charge in [0.1, 0.15) is 6.10 Å². The number of rotatable bonds is 3. The Morgan fingerprint density at radius 1 is 1.45 bits per heavy atom. The second kappa shape index (κ2) is 6.20. The average Bonchev–Trinajstić information content (AvgIpc) is 2.97. The predicted molar refractivity (Wildman–Crippen MR) is 74.2 cm³/mol. The van der Waals surface area contributed by atoms with E-state index >= 15 is 0 Å². The molecule has 2 saturated heterocycles. The van der Waals surface area contributed by atoms with Crippen LogP contribution in [0.25, 0.3) is 0 Å². The first-order valence-electron chi connectivity index (χ1n) is 7.67. The maximum Gasteiger partial charge on any atom is 0.243 e. The lowest BCUT2D eigenvalue weighted by Crippen LogP contribution is -2.38. The number of likely N-dealkylation sites (N-methyl/N-ethyl adjacent to an activating group) is 1. The molecule has 2 aliphatic rings. The summed E-state index contributed by atoms with van der Waals surface area (Å²) in [7, 11) is 0. The van der Waals surface area contributed by atoms with E-state index in [1.165, 1.54) is 6.42 Å². The van der Waals surface area contributed by atoms with Crippen molar-refractivity contribution in [3.8, 4) is 0 Å². The fourth-order valence-corrected chi connectivity index (χ4v) is 2.96. The molecule has 1 aromatic heterocycles. The van der Waals surface area contributed by atoms with Crippen molar-refractivity contribution < 1.29 is 9.26 Å². The standard InChI is InChI=1S/C14H24N4O2/c1-3-18-6-7-19-12(9-18)13-16-14(20-17-13)11-8-10(2)4-5-15-11/h10-12,15H,3-9H2,1-2H3. The average molecular weight is 280 g/mol. The minimum absolute atomic E-state index is 0.0535. The summed E-state index contributed by atoms with van der Waals surface area (Å²) in [4.78, 5) is 6.92. The van der Waals surface area contributed by atoms with Crippen molar-refractivity contribution in [2.24, 2.45) is 5.92 Å². The zero-order valence-electron chi connectivity index (χ0n) is 12.3. The molecule has 6 heteroatoms. The van der Waals surface area contributed by atoms with Crippen molar-refractivity contribution in [1.29, 1.82) is 0 Å². The molecule has 3 atom stereocenters. The van der Waals surface area contributed by atoms with Gasteiger partial charge in [0.05, 0.1) is 12.6 Å². The van der Waals surface area contributed by atoms with Gasteiger partial charge in [-0.15, -0.1) is 0 Å². The van der Waals surface area contributed by atoms with E-state index in [-0.39, 0.29) is 12.1 Å². The second-order valence-corrected chi connectivity index (χ2v) is 5.88. The Kier molecular flexibility index (Phi) is 4.33. The molecular weight excluding hydrogens is 256 g/mol. The summed E-state index contributed by atoms with van der Waals surface area (Å²) in [5.41, 5.74) is 0.